The number of carbonyl (C=O) groups is 1. The number of amides is 1. The van der Waals surface area contributed by atoms with Gasteiger partial charge in [0.15, 0.2) is 0 Å². The molecule has 0 N–H and O–H groups in total. The van der Waals surface area contributed by atoms with Crippen LogP contribution in [0.3, 0.4) is 0 Å². The highest BCUT2D eigenvalue weighted by Gasteiger charge is 2.27. The molecule has 3 rings (SSSR count). The molecule has 1 unspecified atom stereocenters. The van der Waals surface area contributed by atoms with E-state index in [2.05, 4.69) is 22.4 Å². The van der Waals surface area contributed by atoms with Crippen LogP contribution in [0.5, 0.6) is 0 Å². The van der Waals surface area contributed by atoms with Gasteiger partial charge in [-0.15, -0.1) is 5.10 Å². The highest BCUT2D eigenvalue weighted by Crippen LogP contribution is 2.22. The number of hydrogen-bond donors (Lipinski definition) is 0. The average molecular weight is 314 g/mol. The molecule has 6 nitrogen and oxygen atoms in total. The van der Waals surface area contributed by atoms with Gasteiger partial charge in [-0.25, -0.2) is 4.68 Å². The van der Waals surface area contributed by atoms with Crippen molar-refractivity contribution in [3.05, 3.63) is 47.8 Å². The van der Waals surface area contributed by atoms with E-state index in [-0.39, 0.29) is 11.9 Å². The molecule has 1 atom stereocenters. The lowest BCUT2D eigenvalue weighted by Gasteiger charge is -2.16. The van der Waals surface area contributed by atoms with E-state index in [1.165, 1.54) is 5.56 Å². The first kappa shape index (κ1) is 15.7. The minimum atomic E-state index is 0.216. The Morgan fingerprint density at radius 3 is 2.96 bits per heavy atom. The van der Waals surface area contributed by atoms with E-state index in [9.17, 15) is 4.79 Å². The molecule has 2 heterocycles. The van der Waals surface area contributed by atoms with Crippen molar-refractivity contribution in [1.82, 2.24) is 19.9 Å². The third kappa shape index (κ3) is 3.96. The zero-order valence-corrected chi connectivity index (χ0v) is 13.4. The molecule has 122 valence electrons. The van der Waals surface area contributed by atoms with E-state index in [1.54, 1.807) is 7.11 Å². The lowest BCUT2D eigenvalue weighted by molar-refractivity contribution is -0.130. The molecule has 1 aromatic carbocycles. The number of aryl methyl sites for hydroxylation is 1. The Labute approximate surface area is 136 Å². The molecule has 1 fully saturated rings. The van der Waals surface area contributed by atoms with Crippen LogP contribution in [0.1, 0.15) is 30.1 Å². The molecule has 1 aliphatic rings. The number of likely N-dealkylation sites (tertiary alicyclic amines) is 1. The lowest BCUT2D eigenvalue weighted by Crippen LogP contribution is -2.29. The number of ether oxygens (including phenoxy) is 1. The first-order valence-electron chi connectivity index (χ1n) is 7.97. The van der Waals surface area contributed by atoms with Crippen molar-refractivity contribution in [3.8, 4) is 0 Å². The van der Waals surface area contributed by atoms with Crippen LogP contribution in [0.15, 0.2) is 36.5 Å². The highest BCUT2D eigenvalue weighted by atomic mass is 16.5. The lowest BCUT2D eigenvalue weighted by atomic mass is 10.1. The van der Waals surface area contributed by atoms with E-state index in [1.807, 2.05) is 34.0 Å². The van der Waals surface area contributed by atoms with Gasteiger partial charge in [0.1, 0.15) is 5.69 Å². The Morgan fingerprint density at radius 1 is 1.35 bits per heavy atom. The van der Waals surface area contributed by atoms with Gasteiger partial charge in [-0.3, -0.25) is 4.79 Å². The summed E-state index contributed by atoms with van der Waals surface area (Å²) in [4.78, 5) is 14.3. The second-order valence-electron chi connectivity index (χ2n) is 5.89. The molecule has 6 heteroatoms. The molecule has 1 aromatic heterocycles. The van der Waals surface area contributed by atoms with Crippen LogP contribution >= 0.6 is 0 Å². The minimum absolute atomic E-state index is 0.216. The first-order chi connectivity index (χ1) is 11.3. The predicted octanol–water partition coefficient (Wildman–Crippen LogP) is 1.83. The maximum absolute atomic E-state index is 12.4. The predicted molar refractivity (Wildman–Crippen MR) is 85.7 cm³/mol. The largest absolute Gasteiger partial charge is 0.378 e. The van der Waals surface area contributed by atoms with Crippen molar-refractivity contribution < 1.29 is 9.53 Å². The molecule has 23 heavy (non-hydrogen) atoms. The molecule has 0 radical (unpaired) electrons. The summed E-state index contributed by atoms with van der Waals surface area (Å²) in [5.41, 5.74) is 2.03. The molecular weight excluding hydrogens is 292 g/mol. The summed E-state index contributed by atoms with van der Waals surface area (Å²) in [5, 5.41) is 8.23. The minimum Gasteiger partial charge on any atom is -0.378 e. The summed E-state index contributed by atoms with van der Waals surface area (Å²) >= 11 is 0. The molecule has 1 aliphatic heterocycles. The van der Waals surface area contributed by atoms with Crippen LogP contribution in [0.4, 0.5) is 0 Å². The quantitative estimate of drug-likeness (QED) is 0.816. The molecule has 2 aromatic rings. The Morgan fingerprint density at radius 2 is 2.17 bits per heavy atom. The van der Waals surface area contributed by atoms with Gasteiger partial charge < -0.3 is 9.64 Å². The fourth-order valence-corrected chi connectivity index (χ4v) is 2.94. The van der Waals surface area contributed by atoms with Crippen molar-refractivity contribution in [2.45, 2.75) is 31.9 Å². The van der Waals surface area contributed by atoms with E-state index >= 15 is 0 Å². The van der Waals surface area contributed by atoms with Gasteiger partial charge in [0.2, 0.25) is 5.91 Å². The van der Waals surface area contributed by atoms with Crippen molar-refractivity contribution in [1.29, 1.82) is 0 Å². The van der Waals surface area contributed by atoms with Crippen LogP contribution in [0.25, 0.3) is 0 Å². The number of methoxy groups -OCH3 is 1. The van der Waals surface area contributed by atoms with Crippen molar-refractivity contribution in [3.63, 3.8) is 0 Å². The van der Waals surface area contributed by atoms with E-state index in [0.717, 1.165) is 25.1 Å². The van der Waals surface area contributed by atoms with Crippen LogP contribution in [0, 0.1) is 0 Å². The van der Waals surface area contributed by atoms with E-state index in [4.69, 9.17) is 4.74 Å². The van der Waals surface area contributed by atoms with Gasteiger partial charge in [-0.1, -0.05) is 35.5 Å². The molecule has 1 saturated heterocycles. The monoisotopic (exact) mass is 314 g/mol. The number of aromatic nitrogens is 3. The SMILES string of the molecule is COCc1cn(C2CCN(C(=O)CCc3ccccc3)C2)nn1. The topological polar surface area (TPSA) is 60.2 Å². The molecule has 0 spiro atoms. The van der Waals surface area contributed by atoms with E-state index < -0.39 is 0 Å². The van der Waals surface area contributed by atoms with Crippen LogP contribution in [-0.2, 0) is 22.6 Å². The molecule has 1 amide bonds. The summed E-state index contributed by atoms with van der Waals surface area (Å²) in [7, 11) is 1.64. The molecule has 0 saturated carbocycles. The van der Waals surface area contributed by atoms with E-state index in [0.29, 0.717) is 19.6 Å². The first-order valence-corrected chi connectivity index (χ1v) is 7.97. The van der Waals surface area contributed by atoms with Gasteiger partial charge in [0.25, 0.3) is 0 Å². The van der Waals surface area contributed by atoms with Gasteiger partial charge in [0.05, 0.1) is 18.8 Å². The fourth-order valence-electron chi connectivity index (χ4n) is 2.94. The summed E-state index contributed by atoms with van der Waals surface area (Å²) in [5.74, 6) is 0.216. The van der Waals surface area contributed by atoms with Gasteiger partial charge in [-0.05, 0) is 18.4 Å². The van der Waals surface area contributed by atoms with Crippen LogP contribution in [-0.4, -0.2) is 46.0 Å². The summed E-state index contributed by atoms with van der Waals surface area (Å²) in [6, 6.07) is 10.3. The van der Waals surface area contributed by atoms with Gasteiger partial charge >= 0.3 is 0 Å². The zero-order valence-electron chi connectivity index (χ0n) is 13.4. The third-order valence-electron chi connectivity index (χ3n) is 4.21. The zero-order chi connectivity index (χ0) is 16.1. The number of carbonyl (C=O) groups excluding carboxylic acids is 1. The Balaban J connectivity index is 1.51. The van der Waals surface area contributed by atoms with Gasteiger partial charge in [0, 0.05) is 26.6 Å². The molecular formula is C17H22N4O2. The second-order valence-corrected chi connectivity index (χ2v) is 5.89. The number of nitrogens with zero attached hydrogens (tertiary/aromatic N) is 4. The molecule has 0 bridgehead atoms. The maximum Gasteiger partial charge on any atom is 0.222 e. The summed E-state index contributed by atoms with van der Waals surface area (Å²) in [6.07, 6.45) is 4.18. The highest BCUT2D eigenvalue weighted by molar-refractivity contribution is 5.76. The second kappa shape index (κ2) is 7.37. The standard InChI is InChI=1S/C17H22N4O2/c1-23-13-15-11-21(19-18-15)16-9-10-20(12-16)17(22)8-7-14-5-3-2-4-6-14/h2-6,11,16H,7-10,12-13H2,1H3. The summed E-state index contributed by atoms with van der Waals surface area (Å²) < 4.78 is 6.92. The van der Waals surface area contributed by atoms with Crippen LogP contribution in [0.2, 0.25) is 0 Å². The summed E-state index contributed by atoms with van der Waals surface area (Å²) in [6.45, 7) is 1.97. The smallest absolute Gasteiger partial charge is 0.222 e. The molecule has 0 aliphatic carbocycles. The van der Waals surface area contributed by atoms with Crippen molar-refractivity contribution >= 4 is 5.91 Å². The number of hydrogen-bond acceptors (Lipinski definition) is 4. The number of rotatable bonds is 6. The van der Waals surface area contributed by atoms with Crippen molar-refractivity contribution in [2.24, 2.45) is 0 Å². The fraction of sp³-hybridized carbons (Fsp3) is 0.471. The maximum atomic E-state index is 12.4. The normalized spacial score (nSPS) is 17.6. The Kier molecular flexibility index (Phi) is 5.02. The van der Waals surface area contributed by atoms with Gasteiger partial charge in [-0.2, -0.15) is 0 Å². The number of benzene rings is 1. The van der Waals surface area contributed by atoms with Crippen molar-refractivity contribution in [2.75, 3.05) is 20.2 Å². The third-order valence-corrected chi connectivity index (χ3v) is 4.21. The Bertz CT molecular complexity index is 641. The van der Waals surface area contributed by atoms with Crippen LogP contribution < -0.4 is 0 Å². The Hall–Kier alpha value is -2.21. The average Bonchev–Trinajstić information content (AvgIpc) is 3.23.